The maximum atomic E-state index is 11.3. The molecule has 0 amide bonds. The summed E-state index contributed by atoms with van der Waals surface area (Å²) in [7, 11) is 0. The summed E-state index contributed by atoms with van der Waals surface area (Å²) in [5.41, 5.74) is 0. The van der Waals surface area contributed by atoms with Crippen molar-refractivity contribution in [3.8, 4) is 0 Å². The van der Waals surface area contributed by atoms with E-state index in [0.717, 1.165) is 0 Å². The van der Waals surface area contributed by atoms with Crippen molar-refractivity contribution in [2.75, 3.05) is 0 Å². The van der Waals surface area contributed by atoms with Crippen molar-refractivity contribution in [2.45, 2.75) is 44.6 Å². The highest BCUT2D eigenvalue weighted by atomic mass is 32.2. The number of hydrogen-bond donors (Lipinski definition) is 0. The van der Waals surface area contributed by atoms with Crippen LogP contribution in [0.15, 0.2) is 0 Å². The van der Waals surface area contributed by atoms with E-state index in [1.807, 2.05) is 34.6 Å². The van der Waals surface area contributed by atoms with Crippen LogP contribution in [0, 0.1) is 0 Å². The van der Waals surface area contributed by atoms with Crippen LogP contribution in [0.25, 0.3) is 0 Å². The van der Waals surface area contributed by atoms with Gasteiger partial charge in [0, 0.05) is 0 Å². The van der Waals surface area contributed by atoms with Crippen molar-refractivity contribution in [3.63, 3.8) is 0 Å². The molecule has 0 N–H and O–H groups in total. The highest BCUT2D eigenvalue weighted by Gasteiger charge is 2.27. The van der Waals surface area contributed by atoms with Gasteiger partial charge in [0.1, 0.15) is 10.00 Å². The Kier molecular flexibility index (Phi) is 3.03. The fourth-order valence-corrected chi connectivity index (χ4v) is 2.12. The number of rotatable bonds is 1. The molecule has 0 aromatic heterocycles. The van der Waals surface area contributed by atoms with E-state index in [0.29, 0.717) is 0 Å². The largest absolute Gasteiger partial charge is 0.616 e. The summed E-state index contributed by atoms with van der Waals surface area (Å²) in [5.74, 6) is 0. The highest BCUT2D eigenvalue weighted by molar-refractivity contribution is 7.93. The third kappa shape index (κ3) is 3.11. The number of hydrogen-bond acceptors (Lipinski definition) is 1. The Hall–Kier alpha value is 0.310. The van der Waals surface area contributed by atoms with Crippen LogP contribution in [-0.4, -0.2) is 14.5 Å². The quantitative estimate of drug-likeness (QED) is 0.521. The SMILES string of the molecule is CC(C)[S@@+]([O-])C(C)(C)C. The van der Waals surface area contributed by atoms with Crippen molar-refractivity contribution >= 4 is 11.2 Å². The first-order chi connectivity index (χ1) is 3.85. The lowest BCUT2D eigenvalue weighted by Gasteiger charge is -2.27. The minimum absolute atomic E-state index is 0.0475. The molecule has 0 aliphatic carbocycles. The summed E-state index contributed by atoms with van der Waals surface area (Å²) >= 11 is -0.689. The molecule has 0 saturated heterocycles. The molecule has 0 heterocycles. The summed E-state index contributed by atoms with van der Waals surface area (Å²) in [6, 6.07) is 0. The molecule has 0 spiro atoms. The molecule has 1 atom stereocenters. The van der Waals surface area contributed by atoms with Gasteiger partial charge in [-0.15, -0.1) is 0 Å². The normalized spacial score (nSPS) is 16.3. The molecule has 0 radical (unpaired) electrons. The molecule has 1 nitrogen and oxygen atoms in total. The zero-order valence-corrected chi connectivity index (χ0v) is 7.71. The Labute approximate surface area is 61.0 Å². The molecule has 56 valence electrons. The highest BCUT2D eigenvalue weighted by Crippen LogP contribution is 2.19. The molecule has 0 saturated carbocycles. The van der Waals surface area contributed by atoms with Crippen LogP contribution in [0.2, 0.25) is 0 Å². The molecular formula is C7H16OS. The lowest BCUT2D eigenvalue weighted by Crippen LogP contribution is -2.34. The van der Waals surface area contributed by atoms with Crippen LogP contribution in [0.4, 0.5) is 0 Å². The van der Waals surface area contributed by atoms with Crippen molar-refractivity contribution in [2.24, 2.45) is 0 Å². The Morgan fingerprint density at radius 3 is 1.56 bits per heavy atom. The maximum Gasteiger partial charge on any atom is 0.117 e. The average molecular weight is 148 g/mol. The van der Waals surface area contributed by atoms with E-state index in [2.05, 4.69) is 0 Å². The second kappa shape index (κ2) is 2.93. The Bertz CT molecular complexity index is 83.4. The second-order valence-corrected chi connectivity index (χ2v) is 6.22. The third-order valence-electron chi connectivity index (χ3n) is 1.03. The van der Waals surface area contributed by atoms with Gasteiger partial charge in [0.15, 0.2) is 0 Å². The van der Waals surface area contributed by atoms with Crippen molar-refractivity contribution < 1.29 is 4.55 Å². The molecule has 2 heteroatoms. The molecular weight excluding hydrogens is 132 g/mol. The van der Waals surface area contributed by atoms with Crippen LogP contribution in [0.5, 0.6) is 0 Å². The molecule has 0 aliphatic heterocycles. The zero-order chi connectivity index (χ0) is 7.65. The molecule has 0 aliphatic rings. The van der Waals surface area contributed by atoms with E-state index in [1.54, 1.807) is 0 Å². The fraction of sp³-hybridized carbons (Fsp3) is 1.00. The molecule has 9 heavy (non-hydrogen) atoms. The first-order valence-corrected chi connectivity index (χ1v) is 4.47. The maximum absolute atomic E-state index is 11.3. The molecule has 0 bridgehead atoms. The Balaban J connectivity index is 3.88. The summed E-state index contributed by atoms with van der Waals surface area (Å²) in [6.45, 7) is 9.98. The van der Waals surface area contributed by atoms with Gasteiger partial charge in [0.05, 0.1) is 0 Å². The average Bonchev–Trinajstić information content (AvgIpc) is 1.62. The Morgan fingerprint density at radius 1 is 1.22 bits per heavy atom. The lowest BCUT2D eigenvalue weighted by atomic mass is 10.3. The smallest absolute Gasteiger partial charge is 0.117 e. The predicted molar refractivity (Wildman–Crippen MR) is 43.0 cm³/mol. The zero-order valence-electron chi connectivity index (χ0n) is 6.89. The van der Waals surface area contributed by atoms with Gasteiger partial charge < -0.3 is 4.55 Å². The molecule has 0 fully saturated rings. The van der Waals surface area contributed by atoms with Gasteiger partial charge >= 0.3 is 0 Å². The molecule has 0 unspecified atom stereocenters. The first kappa shape index (κ1) is 9.31. The molecule has 0 aromatic rings. The van der Waals surface area contributed by atoms with Crippen LogP contribution in [0.1, 0.15) is 34.6 Å². The first-order valence-electron chi connectivity index (χ1n) is 3.26. The van der Waals surface area contributed by atoms with E-state index < -0.39 is 11.2 Å². The second-order valence-electron chi connectivity index (χ2n) is 3.46. The predicted octanol–water partition coefficient (Wildman–Crippen LogP) is 1.94. The van der Waals surface area contributed by atoms with Crippen LogP contribution in [0.3, 0.4) is 0 Å². The van der Waals surface area contributed by atoms with Gasteiger partial charge in [-0.05, 0) is 45.8 Å². The van der Waals surface area contributed by atoms with Gasteiger partial charge in [-0.25, -0.2) is 0 Å². The van der Waals surface area contributed by atoms with E-state index in [-0.39, 0.29) is 10.00 Å². The van der Waals surface area contributed by atoms with Gasteiger partial charge in [0.25, 0.3) is 0 Å². The summed E-state index contributed by atoms with van der Waals surface area (Å²) in [5, 5.41) is 0.282. The van der Waals surface area contributed by atoms with Crippen molar-refractivity contribution in [1.29, 1.82) is 0 Å². The fourth-order valence-electron chi connectivity index (χ4n) is 0.707. The van der Waals surface area contributed by atoms with Gasteiger partial charge in [-0.1, -0.05) is 0 Å². The van der Waals surface area contributed by atoms with E-state index in [4.69, 9.17) is 0 Å². The van der Waals surface area contributed by atoms with Gasteiger partial charge in [-0.2, -0.15) is 0 Å². The van der Waals surface area contributed by atoms with Gasteiger partial charge in [0.2, 0.25) is 0 Å². The summed E-state index contributed by atoms with van der Waals surface area (Å²) in [4.78, 5) is 0. The van der Waals surface area contributed by atoms with E-state index >= 15 is 0 Å². The third-order valence-corrected chi connectivity index (χ3v) is 3.10. The van der Waals surface area contributed by atoms with Crippen molar-refractivity contribution in [1.82, 2.24) is 0 Å². The monoisotopic (exact) mass is 148 g/mol. The Morgan fingerprint density at radius 2 is 1.56 bits per heavy atom. The van der Waals surface area contributed by atoms with E-state index in [9.17, 15) is 4.55 Å². The topological polar surface area (TPSA) is 23.1 Å². The molecule has 0 rings (SSSR count). The molecule has 0 aromatic carbocycles. The minimum atomic E-state index is -0.689. The lowest BCUT2D eigenvalue weighted by molar-refractivity contribution is 0.550. The summed E-state index contributed by atoms with van der Waals surface area (Å²) < 4.78 is 11.2. The van der Waals surface area contributed by atoms with Gasteiger partial charge in [-0.3, -0.25) is 0 Å². The van der Waals surface area contributed by atoms with Crippen LogP contribution < -0.4 is 0 Å². The van der Waals surface area contributed by atoms with Crippen molar-refractivity contribution in [3.05, 3.63) is 0 Å². The summed E-state index contributed by atoms with van der Waals surface area (Å²) in [6.07, 6.45) is 0. The van der Waals surface area contributed by atoms with Crippen LogP contribution in [-0.2, 0) is 11.2 Å². The van der Waals surface area contributed by atoms with Crippen LogP contribution >= 0.6 is 0 Å². The van der Waals surface area contributed by atoms with E-state index in [1.165, 1.54) is 0 Å². The minimum Gasteiger partial charge on any atom is -0.616 e. The standard InChI is InChI=1S/C7H16OS/c1-6(2)9(8)7(3,4)5/h6H,1-5H3/t9-/m1/s1.